The largest absolute Gasteiger partial charge is 0.355 e. The highest BCUT2D eigenvalue weighted by molar-refractivity contribution is 5.78. The van der Waals surface area contributed by atoms with Crippen molar-refractivity contribution in [1.29, 1.82) is 0 Å². The van der Waals surface area contributed by atoms with Crippen LogP contribution in [0.4, 0.5) is 0 Å². The van der Waals surface area contributed by atoms with Crippen molar-refractivity contribution in [3.05, 3.63) is 35.4 Å². The molecule has 94 valence electrons. The Morgan fingerprint density at radius 3 is 2.47 bits per heavy atom. The number of benzene rings is 1. The summed E-state index contributed by atoms with van der Waals surface area (Å²) in [5.41, 5.74) is 7.72. The summed E-state index contributed by atoms with van der Waals surface area (Å²) in [6.07, 6.45) is 3.99. The van der Waals surface area contributed by atoms with Crippen molar-refractivity contribution in [3.63, 3.8) is 0 Å². The minimum absolute atomic E-state index is 0.0387. The van der Waals surface area contributed by atoms with Crippen LogP contribution in [0.2, 0.25) is 0 Å². The summed E-state index contributed by atoms with van der Waals surface area (Å²) in [7, 11) is 0. The van der Waals surface area contributed by atoms with Gasteiger partial charge in [0.2, 0.25) is 5.91 Å². The van der Waals surface area contributed by atoms with Crippen molar-refractivity contribution in [2.24, 2.45) is 5.73 Å². The predicted molar refractivity (Wildman–Crippen MR) is 70.8 cm³/mol. The van der Waals surface area contributed by atoms with Crippen LogP contribution in [0.1, 0.15) is 30.9 Å². The highest BCUT2D eigenvalue weighted by Crippen LogP contribution is 2.08. The zero-order chi connectivity index (χ0) is 12.5. The molecule has 0 atom stereocenters. The van der Waals surface area contributed by atoms with Gasteiger partial charge in [0.15, 0.2) is 0 Å². The minimum atomic E-state index is 0.0387. The van der Waals surface area contributed by atoms with Gasteiger partial charge in [-0.3, -0.25) is 4.79 Å². The minimum Gasteiger partial charge on any atom is -0.355 e. The van der Waals surface area contributed by atoms with Gasteiger partial charge >= 0.3 is 0 Å². The molecule has 0 heterocycles. The summed E-state index contributed by atoms with van der Waals surface area (Å²) >= 11 is 0. The average Bonchev–Trinajstić information content (AvgIpc) is 2.35. The lowest BCUT2D eigenvalue weighted by atomic mass is 10.0. The Balaban J connectivity index is 2.42. The number of nitrogens with one attached hydrogen (secondary N) is 1. The third kappa shape index (κ3) is 5.50. The normalized spacial score (nSPS) is 10.2. The van der Waals surface area contributed by atoms with E-state index in [9.17, 15) is 4.79 Å². The Labute approximate surface area is 103 Å². The van der Waals surface area contributed by atoms with Gasteiger partial charge in [-0.15, -0.1) is 0 Å². The number of carbonyl (C=O) groups is 1. The van der Waals surface area contributed by atoms with Crippen LogP contribution in [-0.2, 0) is 17.6 Å². The standard InChI is InChI=1S/C14H22N2O/c1-2-3-4-12-5-7-13(8-6-12)11-14(17)16-10-9-15/h5-8H,2-4,9-11,15H2,1H3,(H,16,17). The summed E-state index contributed by atoms with van der Waals surface area (Å²) < 4.78 is 0. The van der Waals surface area contributed by atoms with Gasteiger partial charge in [-0.25, -0.2) is 0 Å². The van der Waals surface area contributed by atoms with Gasteiger partial charge in [-0.1, -0.05) is 37.6 Å². The number of unbranched alkanes of at least 4 members (excludes halogenated alkanes) is 1. The molecular weight excluding hydrogens is 212 g/mol. The zero-order valence-electron chi connectivity index (χ0n) is 10.5. The topological polar surface area (TPSA) is 55.1 Å². The number of hydrogen-bond donors (Lipinski definition) is 2. The second-order valence-electron chi connectivity index (χ2n) is 4.24. The number of nitrogens with two attached hydrogens (primary N) is 1. The lowest BCUT2D eigenvalue weighted by Gasteiger charge is -2.05. The van der Waals surface area contributed by atoms with E-state index >= 15 is 0 Å². The van der Waals surface area contributed by atoms with E-state index in [0.29, 0.717) is 19.5 Å². The molecule has 0 radical (unpaired) electrons. The highest BCUT2D eigenvalue weighted by Gasteiger charge is 2.02. The van der Waals surface area contributed by atoms with Crippen LogP contribution < -0.4 is 11.1 Å². The molecule has 0 unspecified atom stereocenters. The van der Waals surface area contributed by atoms with Crippen LogP contribution in [0.25, 0.3) is 0 Å². The lowest BCUT2D eigenvalue weighted by molar-refractivity contribution is -0.120. The van der Waals surface area contributed by atoms with Crippen molar-refractivity contribution in [2.75, 3.05) is 13.1 Å². The highest BCUT2D eigenvalue weighted by atomic mass is 16.1. The molecule has 0 aliphatic heterocycles. The van der Waals surface area contributed by atoms with E-state index in [1.807, 2.05) is 12.1 Å². The molecule has 3 nitrogen and oxygen atoms in total. The maximum atomic E-state index is 11.5. The van der Waals surface area contributed by atoms with Crippen molar-refractivity contribution < 1.29 is 4.79 Å². The van der Waals surface area contributed by atoms with Gasteiger partial charge in [-0.2, -0.15) is 0 Å². The third-order valence-electron chi connectivity index (χ3n) is 2.67. The summed E-state index contributed by atoms with van der Waals surface area (Å²) in [6, 6.07) is 8.29. The first-order chi connectivity index (χ1) is 8.26. The quantitative estimate of drug-likeness (QED) is 0.753. The first kappa shape index (κ1) is 13.7. The Morgan fingerprint density at radius 2 is 1.88 bits per heavy atom. The molecule has 1 aromatic rings. The van der Waals surface area contributed by atoms with Crippen molar-refractivity contribution in [1.82, 2.24) is 5.32 Å². The fourth-order valence-electron chi connectivity index (χ4n) is 1.66. The molecular formula is C14H22N2O. The van der Waals surface area contributed by atoms with E-state index in [0.717, 1.165) is 12.0 Å². The van der Waals surface area contributed by atoms with Crippen LogP contribution in [-0.4, -0.2) is 19.0 Å². The van der Waals surface area contributed by atoms with Crippen molar-refractivity contribution >= 4 is 5.91 Å². The molecule has 0 saturated carbocycles. The molecule has 0 bridgehead atoms. The van der Waals surface area contributed by atoms with Crippen LogP contribution in [0, 0.1) is 0 Å². The maximum Gasteiger partial charge on any atom is 0.224 e. The maximum absolute atomic E-state index is 11.5. The molecule has 1 amide bonds. The Hall–Kier alpha value is -1.35. The number of aryl methyl sites for hydroxylation is 1. The number of rotatable bonds is 7. The third-order valence-corrected chi connectivity index (χ3v) is 2.67. The Bertz CT molecular complexity index is 333. The van der Waals surface area contributed by atoms with E-state index in [4.69, 9.17) is 5.73 Å². The van der Waals surface area contributed by atoms with E-state index in [-0.39, 0.29) is 5.91 Å². The number of carbonyl (C=O) groups excluding carboxylic acids is 1. The molecule has 3 heteroatoms. The predicted octanol–water partition coefficient (Wildman–Crippen LogP) is 1.65. The SMILES string of the molecule is CCCCc1ccc(CC(=O)NCCN)cc1. The van der Waals surface area contributed by atoms with E-state index in [1.54, 1.807) is 0 Å². The molecule has 17 heavy (non-hydrogen) atoms. The van der Waals surface area contributed by atoms with E-state index in [1.165, 1.54) is 18.4 Å². The van der Waals surface area contributed by atoms with Crippen molar-refractivity contribution in [2.45, 2.75) is 32.6 Å². The molecule has 0 spiro atoms. The fourth-order valence-corrected chi connectivity index (χ4v) is 1.66. The van der Waals surface area contributed by atoms with Gasteiger partial charge in [0, 0.05) is 13.1 Å². The molecule has 0 aromatic heterocycles. The van der Waals surface area contributed by atoms with Gasteiger partial charge in [0.1, 0.15) is 0 Å². The van der Waals surface area contributed by atoms with Crippen LogP contribution in [0.3, 0.4) is 0 Å². The monoisotopic (exact) mass is 234 g/mol. The van der Waals surface area contributed by atoms with Crippen LogP contribution in [0.15, 0.2) is 24.3 Å². The molecule has 3 N–H and O–H groups in total. The fraction of sp³-hybridized carbons (Fsp3) is 0.500. The first-order valence-corrected chi connectivity index (χ1v) is 6.31. The summed E-state index contributed by atoms with van der Waals surface area (Å²) in [5.74, 6) is 0.0387. The van der Waals surface area contributed by atoms with Gasteiger partial charge < -0.3 is 11.1 Å². The van der Waals surface area contributed by atoms with Gasteiger partial charge in [-0.05, 0) is 24.0 Å². The molecule has 1 aromatic carbocycles. The van der Waals surface area contributed by atoms with Crippen LogP contribution in [0.5, 0.6) is 0 Å². The second-order valence-corrected chi connectivity index (χ2v) is 4.24. The van der Waals surface area contributed by atoms with E-state index in [2.05, 4.69) is 24.4 Å². The lowest BCUT2D eigenvalue weighted by Crippen LogP contribution is -2.30. The van der Waals surface area contributed by atoms with Gasteiger partial charge in [0.25, 0.3) is 0 Å². The average molecular weight is 234 g/mol. The molecule has 0 saturated heterocycles. The molecule has 0 fully saturated rings. The first-order valence-electron chi connectivity index (χ1n) is 6.31. The second kappa shape index (κ2) is 7.85. The van der Waals surface area contributed by atoms with Crippen molar-refractivity contribution in [3.8, 4) is 0 Å². The Morgan fingerprint density at radius 1 is 1.24 bits per heavy atom. The van der Waals surface area contributed by atoms with E-state index < -0.39 is 0 Å². The zero-order valence-corrected chi connectivity index (χ0v) is 10.5. The molecule has 0 aliphatic rings. The molecule has 0 aliphatic carbocycles. The summed E-state index contributed by atoms with van der Waals surface area (Å²) in [5, 5.41) is 2.77. The molecule has 1 rings (SSSR count). The number of amides is 1. The van der Waals surface area contributed by atoms with Gasteiger partial charge in [0.05, 0.1) is 6.42 Å². The number of hydrogen-bond acceptors (Lipinski definition) is 2. The van der Waals surface area contributed by atoms with Crippen LogP contribution >= 0.6 is 0 Å². The Kier molecular flexibility index (Phi) is 6.33. The summed E-state index contributed by atoms with van der Waals surface area (Å²) in [4.78, 5) is 11.5. The smallest absolute Gasteiger partial charge is 0.224 e. The summed E-state index contributed by atoms with van der Waals surface area (Å²) in [6.45, 7) is 3.23.